The smallest absolute Gasteiger partial charge is 0.188 e. The second kappa shape index (κ2) is 6.25. The largest absolute Gasteiger partial charge is 0.489 e. The van der Waals surface area contributed by atoms with E-state index >= 15 is 0 Å². The Morgan fingerprint density at radius 3 is 2.90 bits per heavy atom. The molecule has 0 saturated heterocycles. The number of rotatable bonds is 4. The second-order valence-corrected chi connectivity index (χ2v) is 4.64. The maximum atomic E-state index is 8.62. The Morgan fingerprint density at radius 1 is 1.40 bits per heavy atom. The van der Waals surface area contributed by atoms with Crippen molar-refractivity contribution in [2.75, 3.05) is 0 Å². The minimum atomic E-state index is -0.0332. The zero-order valence-corrected chi connectivity index (χ0v) is 11.6. The van der Waals surface area contributed by atoms with Crippen LogP contribution < -0.4 is 10.5 Å². The van der Waals surface area contributed by atoms with Crippen molar-refractivity contribution >= 4 is 17.4 Å². The molecule has 104 valence electrons. The Kier molecular flexibility index (Phi) is 4.42. The van der Waals surface area contributed by atoms with E-state index in [0.717, 1.165) is 16.9 Å². The van der Waals surface area contributed by atoms with E-state index in [0.29, 0.717) is 17.3 Å². The molecule has 0 aliphatic rings. The Morgan fingerprint density at radius 2 is 2.20 bits per heavy atom. The van der Waals surface area contributed by atoms with E-state index in [2.05, 4.69) is 10.1 Å². The van der Waals surface area contributed by atoms with Crippen LogP contribution in [0, 0.1) is 6.92 Å². The minimum absolute atomic E-state index is 0.0332. The lowest BCUT2D eigenvalue weighted by atomic mass is 10.2. The van der Waals surface area contributed by atoms with E-state index in [1.54, 1.807) is 30.5 Å². The van der Waals surface area contributed by atoms with Crippen molar-refractivity contribution in [1.29, 1.82) is 0 Å². The first-order chi connectivity index (χ1) is 9.60. The maximum Gasteiger partial charge on any atom is 0.188 e. The van der Waals surface area contributed by atoms with Gasteiger partial charge in [-0.05, 0) is 48.4 Å². The van der Waals surface area contributed by atoms with Gasteiger partial charge in [-0.2, -0.15) is 0 Å². The fraction of sp³-hybridized carbons (Fsp3) is 0.143. The lowest BCUT2D eigenvalue weighted by Gasteiger charge is -2.08. The number of oxime groups is 1. The molecule has 0 saturated carbocycles. The van der Waals surface area contributed by atoms with Gasteiger partial charge in [-0.3, -0.25) is 4.98 Å². The Bertz CT molecular complexity index is 644. The van der Waals surface area contributed by atoms with Gasteiger partial charge in [0.25, 0.3) is 0 Å². The predicted octanol–water partition coefficient (Wildman–Crippen LogP) is 2.72. The average molecular weight is 292 g/mol. The molecule has 0 radical (unpaired) electrons. The average Bonchev–Trinajstić information content (AvgIpc) is 2.48. The van der Waals surface area contributed by atoms with Crippen LogP contribution in [-0.4, -0.2) is 16.0 Å². The van der Waals surface area contributed by atoms with Gasteiger partial charge in [0.05, 0.1) is 0 Å². The molecule has 0 fully saturated rings. The van der Waals surface area contributed by atoms with Crippen LogP contribution >= 0.6 is 11.6 Å². The molecule has 6 heteroatoms. The Hall–Kier alpha value is -2.27. The number of hydrogen-bond donors (Lipinski definition) is 2. The quantitative estimate of drug-likeness (QED) is 0.393. The van der Waals surface area contributed by atoms with Crippen molar-refractivity contribution in [1.82, 2.24) is 4.98 Å². The van der Waals surface area contributed by atoms with Gasteiger partial charge in [-0.15, -0.1) is 0 Å². The van der Waals surface area contributed by atoms with Crippen molar-refractivity contribution in [2.45, 2.75) is 13.5 Å². The van der Waals surface area contributed by atoms with Crippen molar-refractivity contribution in [3.05, 3.63) is 58.4 Å². The van der Waals surface area contributed by atoms with E-state index < -0.39 is 0 Å². The summed E-state index contributed by atoms with van der Waals surface area (Å²) >= 11 is 5.95. The number of hydrogen-bond acceptors (Lipinski definition) is 4. The third-order valence-electron chi connectivity index (χ3n) is 2.73. The first kappa shape index (κ1) is 14.1. The second-order valence-electron chi connectivity index (χ2n) is 4.23. The molecule has 0 bridgehead atoms. The monoisotopic (exact) mass is 291 g/mol. The number of ether oxygens (including phenoxy) is 1. The van der Waals surface area contributed by atoms with Gasteiger partial charge in [0.2, 0.25) is 0 Å². The predicted molar refractivity (Wildman–Crippen MR) is 77.3 cm³/mol. The number of amidine groups is 1. The van der Waals surface area contributed by atoms with Gasteiger partial charge < -0.3 is 15.7 Å². The Labute approximate surface area is 121 Å². The van der Waals surface area contributed by atoms with Crippen LogP contribution in [0.2, 0.25) is 5.02 Å². The summed E-state index contributed by atoms with van der Waals surface area (Å²) in [5.74, 6) is 0.697. The summed E-state index contributed by atoms with van der Waals surface area (Å²) in [5.41, 5.74) is 7.72. The van der Waals surface area contributed by atoms with Gasteiger partial charge in [-0.1, -0.05) is 16.8 Å². The zero-order chi connectivity index (χ0) is 14.5. The van der Waals surface area contributed by atoms with E-state index in [-0.39, 0.29) is 5.84 Å². The minimum Gasteiger partial charge on any atom is -0.489 e. The number of aryl methyl sites for hydroxylation is 1. The van der Waals surface area contributed by atoms with Crippen molar-refractivity contribution in [3.63, 3.8) is 0 Å². The number of nitrogens with two attached hydrogens (primary N) is 1. The molecule has 20 heavy (non-hydrogen) atoms. The molecule has 1 aromatic carbocycles. The van der Waals surface area contributed by atoms with Gasteiger partial charge in [0.15, 0.2) is 5.84 Å². The van der Waals surface area contributed by atoms with Crippen LogP contribution in [-0.2, 0) is 6.61 Å². The van der Waals surface area contributed by atoms with Crippen LogP contribution in [0.3, 0.4) is 0 Å². The van der Waals surface area contributed by atoms with E-state index in [9.17, 15) is 0 Å². The third kappa shape index (κ3) is 3.39. The van der Waals surface area contributed by atoms with Crippen molar-refractivity contribution in [2.24, 2.45) is 10.9 Å². The number of halogens is 1. The molecule has 1 aromatic heterocycles. The third-order valence-corrected chi connectivity index (χ3v) is 3.15. The SMILES string of the molecule is Cc1cc(OCc2ccnc(C(N)=NO)c2)ccc1Cl. The first-order valence-electron chi connectivity index (χ1n) is 5.92. The van der Waals surface area contributed by atoms with Crippen LogP contribution in [0.1, 0.15) is 16.8 Å². The van der Waals surface area contributed by atoms with Crippen LogP contribution in [0.4, 0.5) is 0 Å². The highest BCUT2D eigenvalue weighted by Gasteiger charge is 2.04. The molecule has 0 unspecified atom stereocenters. The molecule has 0 spiro atoms. The molecule has 5 nitrogen and oxygen atoms in total. The standard InChI is InChI=1S/C14H14ClN3O2/c1-9-6-11(2-3-12(9)15)20-8-10-4-5-17-13(7-10)14(16)18-19/h2-7,19H,8H2,1H3,(H2,16,18). The first-order valence-corrected chi connectivity index (χ1v) is 6.29. The van der Waals surface area contributed by atoms with Crippen LogP contribution in [0.25, 0.3) is 0 Å². The summed E-state index contributed by atoms with van der Waals surface area (Å²) in [6.07, 6.45) is 1.58. The van der Waals surface area contributed by atoms with Crippen LogP contribution in [0.5, 0.6) is 5.75 Å². The van der Waals surface area contributed by atoms with E-state index in [4.69, 9.17) is 27.3 Å². The topological polar surface area (TPSA) is 80.7 Å². The molecule has 0 amide bonds. The molecular formula is C14H14ClN3O2. The Balaban J connectivity index is 2.09. The van der Waals surface area contributed by atoms with Gasteiger partial charge in [-0.25, -0.2) is 0 Å². The molecule has 3 N–H and O–H groups in total. The molecule has 2 aromatic rings. The highest BCUT2D eigenvalue weighted by molar-refractivity contribution is 6.31. The van der Waals surface area contributed by atoms with E-state index in [1.165, 1.54) is 0 Å². The van der Waals surface area contributed by atoms with Gasteiger partial charge >= 0.3 is 0 Å². The number of benzene rings is 1. The molecule has 1 heterocycles. The maximum absolute atomic E-state index is 8.62. The highest BCUT2D eigenvalue weighted by Crippen LogP contribution is 2.21. The summed E-state index contributed by atoms with van der Waals surface area (Å²) in [6.45, 7) is 2.27. The van der Waals surface area contributed by atoms with Crippen molar-refractivity contribution < 1.29 is 9.94 Å². The molecule has 0 aliphatic heterocycles. The molecule has 0 aliphatic carbocycles. The normalized spacial score (nSPS) is 11.4. The van der Waals surface area contributed by atoms with Crippen molar-refractivity contribution in [3.8, 4) is 5.75 Å². The summed E-state index contributed by atoms with van der Waals surface area (Å²) in [5, 5.41) is 12.2. The number of nitrogens with zero attached hydrogens (tertiary/aromatic N) is 2. The molecular weight excluding hydrogens is 278 g/mol. The number of aromatic nitrogens is 1. The zero-order valence-electron chi connectivity index (χ0n) is 10.9. The summed E-state index contributed by atoms with van der Waals surface area (Å²) in [4.78, 5) is 4.00. The summed E-state index contributed by atoms with van der Waals surface area (Å²) in [7, 11) is 0. The summed E-state index contributed by atoms with van der Waals surface area (Å²) < 4.78 is 5.67. The molecule has 2 rings (SSSR count). The van der Waals surface area contributed by atoms with E-state index in [1.807, 2.05) is 13.0 Å². The lowest BCUT2D eigenvalue weighted by Crippen LogP contribution is -2.15. The summed E-state index contributed by atoms with van der Waals surface area (Å²) in [6, 6.07) is 8.98. The van der Waals surface area contributed by atoms with Gasteiger partial charge in [0, 0.05) is 11.2 Å². The fourth-order valence-corrected chi connectivity index (χ4v) is 1.75. The lowest BCUT2D eigenvalue weighted by molar-refractivity contribution is 0.305. The van der Waals surface area contributed by atoms with Gasteiger partial charge in [0.1, 0.15) is 18.1 Å². The molecule has 0 atom stereocenters. The highest BCUT2D eigenvalue weighted by atomic mass is 35.5. The fourth-order valence-electron chi connectivity index (χ4n) is 1.63. The van der Waals surface area contributed by atoms with Crippen LogP contribution in [0.15, 0.2) is 41.7 Å². The number of pyridine rings is 1.